The molecule has 3 aromatic carbocycles. The highest BCUT2D eigenvalue weighted by Gasteiger charge is 2.46. The van der Waals surface area contributed by atoms with E-state index in [1.165, 1.54) is 13.2 Å². The molecule has 3 aromatic rings. The van der Waals surface area contributed by atoms with Gasteiger partial charge in [0, 0.05) is 39.8 Å². The molecule has 0 atom stereocenters. The Labute approximate surface area is 219 Å². The van der Waals surface area contributed by atoms with Gasteiger partial charge >= 0.3 is 5.97 Å². The highest BCUT2D eigenvalue weighted by Crippen LogP contribution is 2.48. The number of fused-ring (bicyclic) bond motifs is 2. The van der Waals surface area contributed by atoms with Crippen molar-refractivity contribution < 1.29 is 18.7 Å². The molecular weight excluding hydrogens is 502 g/mol. The predicted molar refractivity (Wildman–Crippen MR) is 139 cm³/mol. The first-order valence-electron chi connectivity index (χ1n) is 11.8. The minimum atomic E-state index is -0.354. The van der Waals surface area contributed by atoms with Crippen molar-refractivity contribution in [1.82, 2.24) is 4.90 Å². The van der Waals surface area contributed by atoms with Gasteiger partial charge in [-0.15, -0.1) is 0 Å². The van der Waals surface area contributed by atoms with Crippen LogP contribution in [0.3, 0.4) is 0 Å². The molecule has 2 aliphatic heterocycles. The van der Waals surface area contributed by atoms with Gasteiger partial charge in [0.25, 0.3) is 5.91 Å². The van der Waals surface area contributed by atoms with Gasteiger partial charge in [-0.1, -0.05) is 35.3 Å². The number of hydrogen-bond donors (Lipinski definition) is 0. The Hall–Kier alpha value is -2.93. The maximum absolute atomic E-state index is 14.4. The fraction of sp³-hybridized carbons (Fsp3) is 0.286. The van der Waals surface area contributed by atoms with Crippen LogP contribution < -0.4 is 4.90 Å². The topological polar surface area (TPSA) is 49.9 Å². The van der Waals surface area contributed by atoms with Crippen molar-refractivity contribution in [3.63, 3.8) is 0 Å². The zero-order valence-corrected chi connectivity index (χ0v) is 21.3. The Morgan fingerprint density at radius 1 is 0.944 bits per heavy atom. The lowest BCUT2D eigenvalue weighted by Gasteiger charge is -2.40. The van der Waals surface area contributed by atoms with Gasteiger partial charge in [-0.05, 0) is 85.6 Å². The number of carbonyl (C=O) groups excluding carboxylic acids is 2. The van der Waals surface area contributed by atoms with E-state index in [1.807, 2.05) is 12.1 Å². The summed E-state index contributed by atoms with van der Waals surface area (Å²) >= 11 is 12.3. The molecule has 186 valence electrons. The monoisotopic (exact) mass is 526 g/mol. The highest BCUT2D eigenvalue weighted by atomic mass is 35.5. The SMILES string of the molecule is COC(=O)c1ccc(CN2CCC3(CC2)CN(C(=O)c2cc(Cl)cc(Cl)c2)c2ccc(F)cc23)cc1. The van der Waals surface area contributed by atoms with Gasteiger partial charge in [-0.2, -0.15) is 0 Å². The largest absolute Gasteiger partial charge is 0.465 e. The van der Waals surface area contributed by atoms with E-state index in [9.17, 15) is 14.0 Å². The third kappa shape index (κ3) is 4.73. The van der Waals surface area contributed by atoms with Crippen LogP contribution >= 0.6 is 23.2 Å². The van der Waals surface area contributed by atoms with E-state index >= 15 is 0 Å². The van der Waals surface area contributed by atoms with Crippen molar-refractivity contribution in [2.75, 3.05) is 31.6 Å². The molecule has 0 N–H and O–H groups in total. The third-order valence-electron chi connectivity index (χ3n) is 7.23. The van der Waals surface area contributed by atoms with Gasteiger partial charge < -0.3 is 9.64 Å². The second-order valence-electron chi connectivity index (χ2n) is 9.46. The summed E-state index contributed by atoms with van der Waals surface area (Å²) < 4.78 is 19.1. The van der Waals surface area contributed by atoms with Crippen molar-refractivity contribution >= 4 is 40.8 Å². The number of carbonyl (C=O) groups is 2. The molecule has 2 aliphatic rings. The number of nitrogens with zero attached hydrogens (tertiary/aromatic N) is 2. The molecule has 1 spiro atoms. The lowest BCUT2D eigenvalue weighted by Crippen LogP contribution is -2.45. The summed E-state index contributed by atoms with van der Waals surface area (Å²) in [6.07, 6.45) is 1.59. The van der Waals surface area contributed by atoms with E-state index in [0.717, 1.165) is 49.3 Å². The Morgan fingerprint density at radius 2 is 1.61 bits per heavy atom. The van der Waals surface area contributed by atoms with Crippen molar-refractivity contribution in [2.24, 2.45) is 0 Å². The average Bonchev–Trinajstić information content (AvgIpc) is 3.17. The Kier molecular flexibility index (Phi) is 6.77. The summed E-state index contributed by atoms with van der Waals surface area (Å²) in [5.41, 5.74) is 3.34. The quantitative estimate of drug-likeness (QED) is 0.384. The molecule has 36 heavy (non-hydrogen) atoms. The van der Waals surface area contributed by atoms with Crippen LogP contribution in [0.4, 0.5) is 10.1 Å². The van der Waals surface area contributed by atoms with Crippen molar-refractivity contribution in [3.8, 4) is 0 Å². The summed E-state index contributed by atoms with van der Waals surface area (Å²) in [6.45, 7) is 2.84. The van der Waals surface area contributed by atoms with Gasteiger partial charge in [0.15, 0.2) is 0 Å². The van der Waals surface area contributed by atoms with Gasteiger partial charge in [-0.25, -0.2) is 9.18 Å². The van der Waals surface area contributed by atoms with E-state index in [4.69, 9.17) is 27.9 Å². The Balaban J connectivity index is 1.34. The summed E-state index contributed by atoms with van der Waals surface area (Å²) in [4.78, 5) is 29.3. The average molecular weight is 527 g/mol. The second kappa shape index (κ2) is 9.85. The van der Waals surface area contributed by atoms with Crippen LogP contribution in [-0.4, -0.2) is 43.5 Å². The number of halogens is 3. The summed E-state index contributed by atoms with van der Waals surface area (Å²) in [5, 5.41) is 0.791. The van der Waals surface area contributed by atoms with E-state index in [-0.39, 0.29) is 23.1 Å². The van der Waals surface area contributed by atoms with Crippen LogP contribution in [-0.2, 0) is 16.7 Å². The fourth-order valence-electron chi connectivity index (χ4n) is 5.34. The summed E-state index contributed by atoms with van der Waals surface area (Å²) in [7, 11) is 1.37. The molecule has 2 heterocycles. The minimum absolute atomic E-state index is 0.197. The molecule has 8 heteroatoms. The molecule has 0 aromatic heterocycles. The maximum atomic E-state index is 14.4. The maximum Gasteiger partial charge on any atom is 0.337 e. The van der Waals surface area contributed by atoms with E-state index in [0.29, 0.717) is 27.7 Å². The molecule has 0 unspecified atom stereocenters. The van der Waals surface area contributed by atoms with E-state index in [1.54, 1.807) is 47.4 Å². The lowest BCUT2D eigenvalue weighted by atomic mass is 9.74. The molecule has 5 rings (SSSR count). The number of hydrogen-bond acceptors (Lipinski definition) is 4. The smallest absolute Gasteiger partial charge is 0.337 e. The standard InChI is InChI=1S/C28H25Cl2FN2O3/c1-36-27(35)19-4-2-18(3-5-19)16-32-10-8-28(9-11-32)17-33(25-7-6-23(31)15-24(25)28)26(34)20-12-21(29)14-22(30)13-20/h2-7,12-15H,8-11,16-17H2,1H3. The predicted octanol–water partition coefficient (Wildman–Crippen LogP) is 6.11. The third-order valence-corrected chi connectivity index (χ3v) is 7.67. The van der Waals surface area contributed by atoms with Crippen LogP contribution in [0.5, 0.6) is 0 Å². The highest BCUT2D eigenvalue weighted by molar-refractivity contribution is 6.35. The van der Waals surface area contributed by atoms with Crippen LogP contribution in [0.1, 0.15) is 44.7 Å². The Morgan fingerprint density at radius 3 is 2.25 bits per heavy atom. The lowest BCUT2D eigenvalue weighted by molar-refractivity contribution is 0.0600. The number of likely N-dealkylation sites (tertiary alicyclic amines) is 1. The zero-order valence-electron chi connectivity index (χ0n) is 19.8. The van der Waals surface area contributed by atoms with Gasteiger partial charge in [0.05, 0.1) is 12.7 Å². The minimum Gasteiger partial charge on any atom is -0.465 e. The number of benzene rings is 3. The molecule has 0 bridgehead atoms. The Bertz CT molecular complexity index is 1300. The number of amides is 1. The number of piperidine rings is 1. The van der Waals surface area contributed by atoms with Crippen LogP contribution in [0.15, 0.2) is 60.7 Å². The fourth-order valence-corrected chi connectivity index (χ4v) is 5.87. The molecule has 1 saturated heterocycles. The van der Waals surface area contributed by atoms with Crippen LogP contribution in [0.2, 0.25) is 10.0 Å². The number of rotatable bonds is 4. The molecule has 1 fully saturated rings. The van der Waals surface area contributed by atoms with Gasteiger partial charge in [0.1, 0.15) is 5.82 Å². The van der Waals surface area contributed by atoms with Crippen molar-refractivity contribution in [1.29, 1.82) is 0 Å². The van der Waals surface area contributed by atoms with Crippen molar-refractivity contribution in [2.45, 2.75) is 24.8 Å². The number of methoxy groups -OCH3 is 1. The number of esters is 1. The molecule has 5 nitrogen and oxygen atoms in total. The first-order chi connectivity index (χ1) is 17.3. The van der Waals surface area contributed by atoms with Crippen LogP contribution in [0, 0.1) is 5.82 Å². The van der Waals surface area contributed by atoms with Gasteiger partial charge in [-0.3, -0.25) is 9.69 Å². The van der Waals surface area contributed by atoms with Crippen LogP contribution in [0.25, 0.3) is 0 Å². The molecule has 0 saturated carbocycles. The molecular formula is C28H25Cl2FN2O3. The molecule has 1 amide bonds. The molecule has 0 aliphatic carbocycles. The van der Waals surface area contributed by atoms with E-state index in [2.05, 4.69) is 4.90 Å². The number of anilines is 1. The molecule has 0 radical (unpaired) electrons. The van der Waals surface area contributed by atoms with Gasteiger partial charge in [0.2, 0.25) is 0 Å². The summed E-state index contributed by atoms with van der Waals surface area (Å²) in [5.74, 6) is -0.855. The van der Waals surface area contributed by atoms with E-state index < -0.39 is 0 Å². The normalized spacial score (nSPS) is 16.7. The first-order valence-corrected chi connectivity index (χ1v) is 12.5. The second-order valence-corrected chi connectivity index (χ2v) is 10.3. The van der Waals surface area contributed by atoms with Crippen molar-refractivity contribution in [3.05, 3.63) is 98.8 Å². The summed E-state index contributed by atoms with van der Waals surface area (Å²) in [6, 6.07) is 16.9. The first kappa shape index (κ1) is 24.8. The number of ether oxygens (including phenoxy) is 1. The zero-order chi connectivity index (χ0) is 25.4.